The van der Waals surface area contributed by atoms with Crippen LogP contribution in [0.25, 0.3) is 0 Å². The van der Waals surface area contributed by atoms with Crippen molar-refractivity contribution in [3.05, 3.63) is 11.9 Å². The standard InChI is InChI=1S/C13H27N3O5/c1-7(2)4-8(14)5-16(15)6-9-10(17)11(18)12(19)13(20-3)21-9/h5,7,9-13,17-19H,4,6,14-15H2,1-3H3/b8-5-. The maximum atomic E-state index is 9.92. The molecule has 0 radical (unpaired) electrons. The van der Waals surface area contributed by atoms with Gasteiger partial charge in [-0.15, -0.1) is 0 Å². The lowest BCUT2D eigenvalue weighted by Crippen LogP contribution is -2.60. The minimum atomic E-state index is -1.36. The Morgan fingerprint density at radius 1 is 1.29 bits per heavy atom. The number of methoxy groups -OCH3 is 1. The Morgan fingerprint density at radius 2 is 1.90 bits per heavy atom. The maximum Gasteiger partial charge on any atom is 0.186 e. The van der Waals surface area contributed by atoms with Gasteiger partial charge >= 0.3 is 0 Å². The van der Waals surface area contributed by atoms with Crippen molar-refractivity contribution in [2.75, 3.05) is 13.7 Å². The zero-order valence-electron chi connectivity index (χ0n) is 12.7. The monoisotopic (exact) mass is 305 g/mol. The fourth-order valence-corrected chi connectivity index (χ4v) is 2.26. The molecule has 5 atom stereocenters. The van der Waals surface area contributed by atoms with Crippen LogP contribution < -0.4 is 11.6 Å². The van der Waals surface area contributed by atoms with Crippen LogP contribution in [0.2, 0.25) is 0 Å². The summed E-state index contributed by atoms with van der Waals surface area (Å²) >= 11 is 0. The van der Waals surface area contributed by atoms with Gasteiger partial charge in [0, 0.05) is 19.0 Å². The number of nitrogens with two attached hydrogens (primary N) is 2. The summed E-state index contributed by atoms with van der Waals surface area (Å²) in [5.74, 6) is 6.21. The lowest BCUT2D eigenvalue weighted by molar-refractivity contribution is -0.291. The number of nitrogens with zero attached hydrogens (tertiary/aromatic N) is 1. The molecule has 1 saturated heterocycles. The molecule has 0 bridgehead atoms. The van der Waals surface area contributed by atoms with Gasteiger partial charge in [-0.1, -0.05) is 13.8 Å². The molecule has 0 saturated carbocycles. The molecule has 8 heteroatoms. The zero-order valence-corrected chi connectivity index (χ0v) is 12.7. The Labute approximate surface area is 124 Å². The molecule has 124 valence electrons. The molecule has 1 heterocycles. The number of ether oxygens (including phenoxy) is 2. The van der Waals surface area contributed by atoms with E-state index in [4.69, 9.17) is 21.1 Å². The quantitative estimate of drug-likeness (QED) is 0.294. The van der Waals surface area contributed by atoms with Crippen LogP contribution in [0.4, 0.5) is 0 Å². The molecule has 1 rings (SSSR count). The van der Waals surface area contributed by atoms with Gasteiger partial charge in [-0.3, -0.25) is 0 Å². The van der Waals surface area contributed by atoms with Crippen molar-refractivity contribution in [1.29, 1.82) is 0 Å². The summed E-state index contributed by atoms with van der Waals surface area (Å²) in [7, 11) is 1.34. The third kappa shape index (κ3) is 5.10. The van der Waals surface area contributed by atoms with E-state index in [1.54, 1.807) is 6.20 Å². The largest absolute Gasteiger partial charge is 0.401 e. The van der Waals surface area contributed by atoms with E-state index >= 15 is 0 Å². The van der Waals surface area contributed by atoms with Crippen molar-refractivity contribution in [2.24, 2.45) is 17.5 Å². The van der Waals surface area contributed by atoms with Crippen molar-refractivity contribution in [2.45, 2.75) is 51.0 Å². The number of aliphatic hydroxyl groups excluding tert-OH is 3. The predicted octanol–water partition coefficient (Wildman–Crippen LogP) is -1.54. The number of hydrazine groups is 1. The van der Waals surface area contributed by atoms with Crippen molar-refractivity contribution in [3.63, 3.8) is 0 Å². The first-order valence-corrected chi connectivity index (χ1v) is 6.96. The van der Waals surface area contributed by atoms with Crippen LogP contribution >= 0.6 is 0 Å². The summed E-state index contributed by atoms with van der Waals surface area (Å²) in [6.07, 6.45) is -3.50. The lowest BCUT2D eigenvalue weighted by atomic mass is 9.99. The topological polar surface area (TPSA) is 134 Å². The molecular formula is C13H27N3O5. The first kappa shape index (κ1) is 18.1. The Balaban J connectivity index is 2.64. The third-order valence-electron chi connectivity index (χ3n) is 3.27. The number of hydrogen-bond donors (Lipinski definition) is 5. The van der Waals surface area contributed by atoms with Crippen LogP contribution in [0.15, 0.2) is 11.9 Å². The van der Waals surface area contributed by atoms with E-state index in [9.17, 15) is 15.3 Å². The van der Waals surface area contributed by atoms with Gasteiger partial charge in [-0.2, -0.15) is 0 Å². The molecule has 0 aromatic rings. The molecule has 1 aliphatic heterocycles. The van der Waals surface area contributed by atoms with Gasteiger partial charge in [-0.05, 0) is 12.3 Å². The minimum Gasteiger partial charge on any atom is -0.401 e. The summed E-state index contributed by atoms with van der Waals surface area (Å²) < 4.78 is 10.3. The number of allylic oxidation sites excluding steroid dienone is 1. The Bertz CT molecular complexity index is 351. The molecular weight excluding hydrogens is 278 g/mol. The highest BCUT2D eigenvalue weighted by molar-refractivity contribution is 4.97. The highest BCUT2D eigenvalue weighted by atomic mass is 16.7. The SMILES string of the molecule is COC1OC(CN(N)/C=C(\N)CC(C)C)C(O)C(O)C1O. The third-order valence-corrected chi connectivity index (χ3v) is 3.27. The molecule has 0 aliphatic carbocycles. The fraction of sp³-hybridized carbons (Fsp3) is 0.846. The summed E-state index contributed by atoms with van der Waals surface area (Å²) in [4.78, 5) is 0. The van der Waals surface area contributed by atoms with Gasteiger partial charge in [0.2, 0.25) is 0 Å². The summed E-state index contributed by atoms with van der Waals surface area (Å²) in [5, 5.41) is 30.7. The Morgan fingerprint density at radius 3 is 2.43 bits per heavy atom. The molecule has 8 nitrogen and oxygen atoms in total. The molecule has 0 aromatic heterocycles. The highest BCUT2D eigenvalue weighted by Gasteiger charge is 2.44. The molecule has 0 spiro atoms. The molecule has 0 amide bonds. The second-order valence-corrected chi connectivity index (χ2v) is 5.75. The van der Waals surface area contributed by atoms with Gasteiger partial charge in [0.25, 0.3) is 0 Å². The van der Waals surface area contributed by atoms with Crippen LogP contribution in [0, 0.1) is 5.92 Å². The van der Waals surface area contributed by atoms with E-state index in [2.05, 4.69) is 0 Å². The summed E-state index contributed by atoms with van der Waals surface area (Å²) in [6, 6.07) is 0. The molecule has 5 unspecified atom stereocenters. The van der Waals surface area contributed by atoms with E-state index in [1.807, 2.05) is 13.8 Å². The van der Waals surface area contributed by atoms with E-state index in [0.29, 0.717) is 18.0 Å². The van der Waals surface area contributed by atoms with Gasteiger partial charge in [0.15, 0.2) is 6.29 Å². The average Bonchev–Trinajstić information content (AvgIpc) is 2.38. The summed E-state index contributed by atoms with van der Waals surface area (Å²) in [5.41, 5.74) is 6.45. The number of hydrogen-bond acceptors (Lipinski definition) is 8. The average molecular weight is 305 g/mol. The molecule has 1 fully saturated rings. The normalized spacial score (nSPS) is 34.3. The van der Waals surface area contributed by atoms with Crippen LogP contribution in [0.3, 0.4) is 0 Å². The molecule has 21 heavy (non-hydrogen) atoms. The van der Waals surface area contributed by atoms with E-state index in [-0.39, 0.29) is 6.54 Å². The van der Waals surface area contributed by atoms with E-state index < -0.39 is 30.7 Å². The first-order valence-electron chi connectivity index (χ1n) is 6.96. The van der Waals surface area contributed by atoms with Crippen LogP contribution in [-0.2, 0) is 9.47 Å². The smallest absolute Gasteiger partial charge is 0.186 e. The molecule has 1 aliphatic rings. The van der Waals surface area contributed by atoms with E-state index in [0.717, 1.165) is 0 Å². The van der Waals surface area contributed by atoms with Crippen molar-refractivity contribution in [3.8, 4) is 0 Å². The van der Waals surface area contributed by atoms with Gasteiger partial charge in [-0.25, -0.2) is 5.84 Å². The minimum absolute atomic E-state index is 0.101. The zero-order chi connectivity index (χ0) is 16.2. The van der Waals surface area contributed by atoms with Crippen LogP contribution in [-0.4, -0.2) is 64.7 Å². The van der Waals surface area contributed by atoms with Crippen molar-refractivity contribution >= 4 is 0 Å². The van der Waals surface area contributed by atoms with E-state index in [1.165, 1.54) is 12.1 Å². The molecule has 0 aromatic carbocycles. The van der Waals surface area contributed by atoms with Crippen LogP contribution in [0.1, 0.15) is 20.3 Å². The lowest BCUT2D eigenvalue weighted by Gasteiger charge is -2.40. The second-order valence-electron chi connectivity index (χ2n) is 5.75. The van der Waals surface area contributed by atoms with Crippen molar-refractivity contribution < 1.29 is 24.8 Å². The first-order chi connectivity index (χ1) is 9.76. The second kappa shape index (κ2) is 7.92. The Kier molecular flexibility index (Phi) is 6.85. The Hall–Kier alpha value is -0.900. The van der Waals surface area contributed by atoms with Crippen molar-refractivity contribution in [1.82, 2.24) is 5.01 Å². The van der Waals surface area contributed by atoms with Gasteiger partial charge in [0.1, 0.15) is 24.4 Å². The highest BCUT2D eigenvalue weighted by Crippen LogP contribution is 2.22. The number of aliphatic hydroxyl groups is 3. The molecule has 7 N–H and O–H groups in total. The van der Waals surface area contributed by atoms with Gasteiger partial charge in [0.05, 0.1) is 6.54 Å². The van der Waals surface area contributed by atoms with Gasteiger partial charge < -0.3 is 35.5 Å². The predicted molar refractivity (Wildman–Crippen MR) is 76.3 cm³/mol. The summed E-state index contributed by atoms with van der Waals surface area (Å²) in [6.45, 7) is 4.18. The number of rotatable bonds is 6. The van der Waals surface area contributed by atoms with Crippen LogP contribution in [0.5, 0.6) is 0 Å². The fourth-order valence-electron chi connectivity index (χ4n) is 2.26. The maximum absolute atomic E-state index is 9.92.